The lowest BCUT2D eigenvalue weighted by atomic mass is 10.0. The standard InChI is InChI=1S/C19H16N2O4/c1-3-12-5-4-6-13(9-12)20-18-15-8-7-14(21(24)25)10-16(15)19(23)17(18)11(2)22/h4-10,23H,3H2,1-2H3. The highest BCUT2D eigenvalue weighted by atomic mass is 16.6. The van der Waals surface area contributed by atoms with Gasteiger partial charge in [-0.2, -0.15) is 0 Å². The van der Waals surface area contributed by atoms with E-state index in [1.807, 2.05) is 31.2 Å². The van der Waals surface area contributed by atoms with Gasteiger partial charge in [-0.15, -0.1) is 0 Å². The van der Waals surface area contributed by atoms with Gasteiger partial charge in [0.2, 0.25) is 0 Å². The number of rotatable bonds is 4. The fraction of sp³-hybridized carbons (Fsp3) is 0.158. The van der Waals surface area contributed by atoms with E-state index >= 15 is 0 Å². The number of hydrogen-bond donors (Lipinski definition) is 1. The number of aliphatic hydroxyl groups is 1. The van der Waals surface area contributed by atoms with Crippen LogP contribution in [0.2, 0.25) is 0 Å². The fourth-order valence-electron chi connectivity index (χ4n) is 2.85. The number of Topliss-reactive ketones (excluding diaryl/α,β-unsaturated/α-hetero) is 1. The molecule has 0 unspecified atom stereocenters. The number of hydrogen-bond acceptors (Lipinski definition) is 5. The number of non-ortho nitro benzene ring substituents is 1. The molecule has 0 heterocycles. The number of ketones is 1. The Morgan fingerprint density at radius 1 is 1.20 bits per heavy atom. The van der Waals surface area contributed by atoms with Crippen LogP contribution in [0.1, 0.15) is 30.5 Å². The van der Waals surface area contributed by atoms with Crippen LogP contribution in [0.25, 0.3) is 5.76 Å². The fourth-order valence-corrected chi connectivity index (χ4v) is 2.85. The summed E-state index contributed by atoms with van der Waals surface area (Å²) in [7, 11) is 0. The number of aryl methyl sites for hydroxylation is 1. The van der Waals surface area contributed by atoms with Crippen LogP contribution in [0.4, 0.5) is 11.4 Å². The lowest BCUT2D eigenvalue weighted by molar-refractivity contribution is -0.384. The molecule has 1 aliphatic carbocycles. The molecule has 0 saturated carbocycles. The molecule has 1 aliphatic rings. The van der Waals surface area contributed by atoms with Gasteiger partial charge < -0.3 is 5.11 Å². The summed E-state index contributed by atoms with van der Waals surface area (Å²) < 4.78 is 0. The van der Waals surface area contributed by atoms with Crippen LogP contribution in [0.5, 0.6) is 0 Å². The molecule has 1 N–H and O–H groups in total. The quantitative estimate of drug-likeness (QED) is 0.670. The highest BCUT2D eigenvalue weighted by Gasteiger charge is 2.32. The third-order valence-electron chi connectivity index (χ3n) is 4.11. The lowest BCUT2D eigenvalue weighted by Crippen LogP contribution is -2.08. The second-order valence-corrected chi connectivity index (χ2v) is 5.75. The van der Waals surface area contributed by atoms with Gasteiger partial charge in [-0.25, -0.2) is 4.99 Å². The van der Waals surface area contributed by atoms with E-state index in [9.17, 15) is 20.0 Å². The molecule has 3 rings (SSSR count). The molecule has 0 aliphatic heterocycles. The Morgan fingerprint density at radius 3 is 2.60 bits per heavy atom. The number of carbonyl (C=O) groups is 1. The van der Waals surface area contributed by atoms with Crippen molar-refractivity contribution in [1.29, 1.82) is 0 Å². The smallest absolute Gasteiger partial charge is 0.270 e. The van der Waals surface area contributed by atoms with Gasteiger partial charge in [-0.05, 0) is 37.1 Å². The molecular formula is C19H16N2O4. The minimum Gasteiger partial charge on any atom is -0.506 e. The first-order valence-electron chi connectivity index (χ1n) is 7.83. The molecule has 0 fully saturated rings. The van der Waals surface area contributed by atoms with Crippen molar-refractivity contribution in [1.82, 2.24) is 0 Å². The maximum Gasteiger partial charge on any atom is 0.270 e. The van der Waals surface area contributed by atoms with Gasteiger partial charge in [0.15, 0.2) is 5.78 Å². The molecule has 0 radical (unpaired) electrons. The van der Waals surface area contributed by atoms with E-state index in [4.69, 9.17) is 0 Å². The summed E-state index contributed by atoms with van der Waals surface area (Å²) >= 11 is 0. The largest absolute Gasteiger partial charge is 0.506 e. The van der Waals surface area contributed by atoms with Gasteiger partial charge >= 0.3 is 0 Å². The van der Waals surface area contributed by atoms with Crippen molar-refractivity contribution >= 4 is 28.6 Å². The Labute approximate surface area is 144 Å². The maximum absolute atomic E-state index is 12.0. The van der Waals surface area contributed by atoms with Crippen molar-refractivity contribution in [3.63, 3.8) is 0 Å². The molecule has 0 amide bonds. The number of aliphatic hydroxyl groups excluding tert-OH is 1. The molecular weight excluding hydrogens is 320 g/mol. The Bertz CT molecular complexity index is 958. The number of fused-ring (bicyclic) bond motifs is 1. The maximum atomic E-state index is 12.0. The average Bonchev–Trinajstić information content (AvgIpc) is 2.87. The summed E-state index contributed by atoms with van der Waals surface area (Å²) in [5.74, 6) is -0.613. The molecule has 2 aromatic rings. The molecule has 0 spiro atoms. The Morgan fingerprint density at radius 2 is 1.96 bits per heavy atom. The van der Waals surface area contributed by atoms with Gasteiger partial charge in [0.25, 0.3) is 5.69 Å². The number of benzene rings is 2. The van der Waals surface area contributed by atoms with Crippen LogP contribution in [0.15, 0.2) is 53.0 Å². The van der Waals surface area contributed by atoms with E-state index in [2.05, 4.69) is 4.99 Å². The van der Waals surface area contributed by atoms with Crippen LogP contribution in [-0.2, 0) is 11.2 Å². The van der Waals surface area contributed by atoms with Crippen molar-refractivity contribution in [3.05, 3.63) is 74.8 Å². The number of carbonyl (C=O) groups excluding carboxylic acids is 1. The third-order valence-corrected chi connectivity index (χ3v) is 4.11. The minimum absolute atomic E-state index is 0.0809. The van der Waals surface area contributed by atoms with Crippen LogP contribution < -0.4 is 0 Å². The Balaban J connectivity index is 2.21. The Kier molecular flexibility index (Phi) is 4.19. The molecule has 6 nitrogen and oxygen atoms in total. The first kappa shape index (κ1) is 16.6. The van der Waals surface area contributed by atoms with Crippen LogP contribution in [0.3, 0.4) is 0 Å². The highest BCUT2D eigenvalue weighted by Crippen LogP contribution is 2.35. The third kappa shape index (κ3) is 2.94. The van der Waals surface area contributed by atoms with E-state index in [1.165, 1.54) is 25.1 Å². The molecule has 0 atom stereocenters. The second kappa shape index (κ2) is 6.32. The van der Waals surface area contributed by atoms with E-state index in [0.717, 1.165) is 12.0 Å². The molecule has 0 saturated heterocycles. The summed E-state index contributed by atoms with van der Waals surface area (Å²) in [6.07, 6.45) is 0.849. The molecule has 25 heavy (non-hydrogen) atoms. The lowest BCUT2D eigenvalue weighted by Gasteiger charge is -2.05. The van der Waals surface area contributed by atoms with Crippen molar-refractivity contribution in [2.24, 2.45) is 4.99 Å². The average molecular weight is 336 g/mol. The summed E-state index contributed by atoms with van der Waals surface area (Å²) in [6, 6.07) is 11.7. The van der Waals surface area contributed by atoms with Gasteiger partial charge in [-0.3, -0.25) is 14.9 Å². The highest BCUT2D eigenvalue weighted by molar-refractivity contribution is 6.36. The SMILES string of the molecule is CCc1cccc(N=C2C(C(C)=O)=C(O)c3cc([N+](=O)[O-])ccc32)c1. The second-order valence-electron chi connectivity index (χ2n) is 5.75. The molecule has 0 bridgehead atoms. The zero-order valence-corrected chi connectivity index (χ0v) is 13.8. The predicted molar refractivity (Wildman–Crippen MR) is 95.3 cm³/mol. The van der Waals surface area contributed by atoms with Gasteiger partial charge in [0, 0.05) is 23.3 Å². The number of nitro benzene ring substituents is 1. The van der Waals surface area contributed by atoms with Crippen LogP contribution in [0, 0.1) is 10.1 Å². The van der Waals surface area contributed by atoms with Crippen LogP contribution in [-0.4, -0.2) is 21.5 Å². The minimum atomic E-state index is -0.541. The summed E-state index contributed by atoms with van der Waals surface area (Å²) in [6.45, 7) is 3.37. The molecule has 0 aromatic heterocycles. The summed E-state index contributed by atoms with van der Waals surface area (Å²) in [5.41, 5.74) is 2.79. The van der Waals surface area contributed by atoms with Crippen molar-refractivity contribution < 1.29 is 14.8 Å². The number of aliphatic imine (C=N–C) groups is 1. The number of nitrogens with zero attached hydrogens (tertiary/aromatic N) is 2. The van der Waals surface area contributed by atoms with Gasteiger partial charge in [0.1, 0.15) is 5.76 Å². The summed E-state index contributed by atoms with van der Waals surface area (Å²) in [4.78, 5) is 27.0. The van der Waals surface area contributed by atoms with E-state index < -0.39 is 4.92 Å². The zero-order valence-electron chi connectivity index (χ0n) is 13.8. The summed E-state index contributed by atoms with van der Waals surface area (Å²) in [5, 5.41) is 21.4. The van der Waals surface area contributed by atoms with Crippen LogP contribution >= 0.6 is 0 Å². The van der Waals surface area contributed by atoms with E-state index in [-0.39, 0.29) is 28.4 Å². The normalized spacial score (nSPS) is 14.7. The van der Waals surface area contributed by atoms with Crippen molar-refractivity contribution in [3.8, 4) is 0 Å². The Hall–Kier alpha value is -3.28. The van der Waals surface area contributed by atoms with E-state index in [1.54, 1.807) is 0 Å². The van der Waals surface area contributed by atoms with Gasteiger partial charge in [0.05, 0.1) is 21.9 Å². The molecule has 126 valence electrons. The topological polar surface area (TPSA) is 92.8 Å². The first-order chi connectivity index (χ1) is 11.9. The zero-order chi connectivity index (χ0) is 18.1. The van der Waals surface area contributed by atoms with E-state index in [0.29, 0.717) is 17.0 Å². The first-order valence-corrected chi connectivity index (χ1v) is 7.83. The number of allylic oxidation sites excluding steroid dienone is 1. The molecule has 6 heteroatoms. The van der Waals surface area contributed by atoms with Gasteiger partial charge in [-0.1, -0.05) is 19.1 Å². The van der Waals surface area contributed by atoms with Crippen molar-refractivity contribution in [2.45, 2.75) is 20.3 Å². The monoisotopic (exact) mass is 336 g/mol. The van der Waals surface area contributed by atoms with Crippen molar-refractivity contribution in [2.75, 3.05) is 0 Å². The molecule has 2 aromatic carbocycles. The number of nitro groups is 1. The predicted octanol–water partition coefficient (Wildman–Crippen LogP) is 4.15.